The van der Waals surface area contributed by atoms with Crippen molar-refractivity contribution in [3.8, 4) is 11.4 Å². The maximum Gasteiger partial charge on any atom is 0.244 e. The lowest BCUT2D eigenvalue weighted by Crippen LogP contribution is -1.85. The van der Waals surface area contributed by atoms with Gasteiger partial charge < -0.3 is 4.52 Å². The first-order chi connectivity index (χ1) is 8.74. The summed E-state index contributed by atoms with van der Waals surface area (Å²) in [6.07, 6.45) is 0. The van der Waals surface area contributed by atoms with E-state index in [2.05, 4.69) is 22.3 Å². The Bertz CT molecular complexity index is 691. The lowest BCUT2D eigenvalue weighted by Gasteiger charge is -1.99. The van der Waals surface area contributed by atoms with Crippen molar-refractivity contribution in [2.45, 2.75) is 12.3 Å². The third kappa shape index (κ3) is 1.97. The van der Waals surface area contributed by atoms with Gasteiger partial charge in [0.15, 0.2) is 0 Å². The second kappa shape index (κ2) is 4.42. The van der Waals surface area contributed by atoms with Crippen LogP contribution in [-0.4, -0.2) is 10.1 Å². The van der Waals surface area contributed by atoms with Crippen LogP contribution >= 0.6 is 11.6 Å². The largest absolute Gasteiger partial charge is 0.337 e. The van der Waals surface area contributed by atoms with Gasteiger partial charge in [-0.1, -0.05) is 41.6 Å². The predicted octanol–water partition coefficient (Wildman–Crippen LogP) is 4.19. The first-order valence-electron chi connectivity index (χ1n) is 5.71. The number of hydrogen-bond donors (Lipinski definition) is 0. The molecule has 1 atom stereocenters. The first kappa shape index (κ1) is 11.2. The molecule has 3 rings (SSSR count). The fourth-order valence-corrected chi connectivity index (χ4v) is 1.93. The minimum atomic E-state index is -0.272. The normalized spacial score (nSPS) is 12.8. The van der Waals surface area contributed by atoms with Crippen LogP contribution in [0.3, 0.4) is 0 Å². The molecule has 0 aliphatic heterocycles. The molecule has 2 aromatic carbocycles. The summed E-state index contributed by atoms with van der Waals surface area (Å²) in [5.74, 6) is 1.02. The number of alkyl halides is 1. The number of benzene rings is 2. The number of hydrogen-bond acceptors (Lipinski definition) is 3. The zero-order chi connectivity index (χ0) is 12.5. The molecule has 4 heteroatoms. The lowest BCUT2D eigenvalue weighted by atomic mass is 10.1. The summed E-state index contributed by atoms with van der Waals surface area (Å²) in [6.45, 7) is 1.80. The van der Waals surface area contributed by atoms with Gasteiger partial charge in [-0.15, -0.1) is 11.6 Å². The van der Waals surface area contributed by atoms with Crippen molar-refractivity contribution in [3.63, 3.8) is 0 Å². The molecule has 0 fully saturated rings. The van der Waals surface area contributed by atoms with Crippen LogP contribution in [0.2, 0.25) is 0 Å². The van der Waals surface area contributed by atoms with Gasteiger partial charge in [-0.3, -0.25) is 0 Å². The summed E-state index contributed by atoms with van der Waals surface area (Å²) < 4.78 is 5.10. The highest BCUT2D eigenvalue weighted by Gasteiger charge is 2.12. The van der Waals surface area contributed by atoms with E-state index in [1.807, 2.05) is 30.3 Å². The highest BCUT2D eigenvalue weighted by molar-refractivity contribution is 6.20. The van der Waals surface area contributed by atoms with Crippen molar-refractivity contribution < 1.29 is 4.52 Å². The van der Waals surface area contributed by atoms with Gasteiger partial charge in [0.05, 0.1) is 0 Å². The standard InChI is InChI=1S/C14H11ClN2O/c1-9(15)14-16-13(17-18-14)12-7-6-10-4-2-3-5-11(10)8-12/h2-9H,1H3. The number of rotatable bonds is 2. The monoisotopic (exact) mass is 258 g/mol. The van der Waals surface area contributed by atoms with E-state index in [-0.39, 0.29) is 5.38 Å². The van der Waals surface area contributed by atoms with Crippen LogP contribution < -0.4 is 0 Å². The smallest absolute Gasteiger partial charge is 0.244 e. The maximum absolute atomic E-state index is 5.90. The highest BCUT2D eigenvalue weighted by atomic mass is 35.5. The second-order valence-corrected chi connectivity index (χ2v) is 4.79. The maximum atomic E-state index is 5.90. The molecule has 3 nitrogen and oxygen atoms in total. The van der Waals surface area contributed by atoms with Crippen LogP contribution in [-0.2, 0) is 0 Å². The van der Waals surface area contributed by atoms with Crippen molar-refractivity contribution in [3.05, 3.63) is 48.4 Å². The zero-order valence-electron chi connectivity index (χ0n) is 9.80. The van der Waals surface area contributed by atoms with E-state index in [9.17, 15) is 0 Å². The molecule has 0 aliphatic carbocycles. The summed E-state index contributed by atoms with van der Waals surface area (Å²) in [6, 6.07) is 14.2. The van der Waals surface area contributed by atoms with Crippen molar-refractivity contribution in [2.75, 3.05) is 0 Å². The zero-order valence-corrected chi connectivity index (χ0v) is 10.6. The van der Waals surface area contributed by atoms with Gasteiger partial charge in [0.1, 0.15) is 5.38 Å². The van der Waals surface area contributed by atoms with Crippen LogP contribution in [0.5, 0.6) is 0 Å². The number of halogens is 1. The van der Waals surface area contributed by atoms with E-state index >= 15 is 0 Å². The first-order valence-corrected chi connectivity index (χ1v) is 6.14. The number of aromatic nitrogens is 2. The number of fused-ring (bicyclic) bond motifs is 1. The molecule has 0 aliphatic rings. The van der Waals surface area contributed by atoms with Crippen LogP contribution in [0.15, 0.2) is 47.0 Å². The summed E-state index contributed by atoms with van der Waals surface area (Å²) >= 11 is 5.90. The topological polar surface area (TPSA) is 38.9 Å². The molecular weight excluding hydrogens is 248 g/mol. The van der Waals surface area contributed by atoms with Gasteiger partial charge in [-0.2, -0.15) is 4.98 Å². The van der Waals surface area contributed by atoms with Crippen molar-refractivity contribution in [1.82, 2.24) is 10.1 Å². The number of nitrogens with zero attached hydrogens (tertiary/aromatic N) is 2. The Labute approximate surface area is 109 Å². The van der Waals surface area contributed by atoms with E-state index in [4.69, 9.17) is 16.1 Å². The molecular formula is C14H11ClN2O. The summed E-state index contributed by atoms with van der Waals surface area (Å²) in [5.41, 5.74) is 0.931. The minimum Gasteiger partial charge on any atom is -0.337 e. The molecule has 0 bridgehead atoms. The van der Waals surface area contributed by atoms with E-state index in [0.717, 1.165) is 10.9 Å². The van der Waals surface area contributed by atoms with Crippen LogP contribution in [0.4, 0.5) is 0 Å². The Balaban J connectivity index is 2.07. The molecule has 3 aromatic rings. The van der Waals surface area contributed by atoms with Crippen LogP contribution in [0.1, 0.15) is 18.2 Å². The van der Waals surface area contributed by atoms with Crippen LogP contribution in [0.25, 0.3) is 22.2 Å². The van der Waals surface area contributed by atoms with E-state index < -0.39 is 0 Å². The Morgan fingerprint density at radius 2 is 1.89 bits per heavy atom. The molecule has 0 spiro atoms. The summed E-state index contributed by atoms with van der Waals surface area (Å²) in [4.78, 5) is 4.28. The Kier molecular flexibility index (Phi) is 2.76. The summed E-state index contributed by atoms with van der Waals surface area (Å²) in [7, 11) is 0. The van der Waals surface area contributed by atoms with Gasteiger partial charge in [0, 0.05) is 5.56 Å². The Hall–Kier alpha value is -1.87. The average molecular weight is 259 g/mol. The van der Waals surface area contributed by atoms with Gasteiger partial charge in [0.2, 0.25) is 11.7 Å². The molecule has 18 heavy (non-hydrogen) atoms. The Morgan fingerprint density at radius 3 is 2.61 bits per heavy atom. The molecule has 0 saturated carbocycles. The van der Waals surface area contributed by atoms with Crippen molar-refractivity contribution >= 4 is 22.4 Å². The molecule has 0 amide bonds. The molecule has 1 unspecified atom stereocenters. The third-order valence-corrected chi connectivity index (χ3v) is 2.98. The molecule has 90 valence electrons. The van der Waals surface area contributed by atoms with Gasteiger partial charge in [-0.05, 0) is 23.8 Å². The average Bonchev–Trinajstić information content (AvgIpc) is 2.88. The van der Waals surface area contributed by atoms with Crippen molar-refractivity contribution in [2.24, 2.45) is 0 Å². The van der Waals surface area contributed by atoms with Gasteiger partial charge in [0.25, 0.3) is 0 Å². The van der Waals surface area contributed by atoms with E-state index in [1.165, 1.54) is 5.39 Å². The van der Waals surface area contributed by atoms with Crippen molar-refractivity contribution in [1.29, 1.82) is 0 Å². The van der Waals surface area contributed by atoms with Gasteiger partial charge in [-0.25, -0.2) is 0 Å². The lowest BCUT2D eigenvalue weighted by molar-refractivity contribution is 0.379. The minimum absolute atomic E-state index is 0.272. The van der Waals surface area contributed by atoms with E-state index in [0.29, 0.717) is 11.7 Å². The van der Waals surface area contributed by atoms with E-state index in [1.54, 1.807) is 6.92 Å². The Morgan fingerprint density at radius 1 is 1.11 bits per heavy atom. The quantitative estimate of drug-likeness (QED) is 0.647. The fraction of sp³-hybridized carbons (Fsp3) is 0.143. The second-order valence-electron chi connectivity index (χ2n) is 4.13. The molecule has 0 saturated heterocycles. The predicted molar refractivity (Wildman–Crippen MR) is 71.5 cm³/mol. The molecule has 0 N–H and O–H groups in total. The molecule has 0 radical (unpaired) electrons. The third-order valence-electron chi connectivity index (χ3n) is 2.79. The molecule has 1 aromatic heterocycles. The van der Waals surface area contributed by atoms with Crippen LogP contribution in [0, 0.1) is 0 Å². The van der Waals surface area contributed by atoms with Gasteiger partial charge >= 0.3 is 0 Å². The fourth-order valence-electron chi connectivity index (χ4n) is 1.84. The summed E-state index contributed by atoms with van der Waals surface area (Å²) in [5, 5.41) is 6.02. The SMILES string of the molecule is CC(Cl)c1nc(-c2ccc3ccccc3c2)no1. The molecule has 1 heterocycles. The highest BCUT2D eigenvalue weighted by Crippen LogP contribution is 2.24.